The lowest BCUT2D eigenvalue weighted by Crippen LogP contribution is -2.23. The molecule has 0 atom stereocenters. The van der Waals surface area contributed by atoms with Crippen LogP contribution in [0, 0.1) is 10.7 Å². The Kier molecular flexibility index (Phi) is 5.60. The summed E-state index contributed by atoms with van der Waals surface area (Å²) in [4.78, 5) is 33.4. The average Bonchev–Trinajstić information content (AvgIpc) is 2.22. The predicted molar refractivity (Wildman–Crippen MR) is 91.7 cm³/mol. The van der Waals surface area contributed by atoms with Gasteiger partial charge in [-0.05, 0) is 67.8 Å². The monoisotopic (exact) mass is 602 g/mol. The highest BCUT2D eigenvalue weighted by atomic mass is 127. The Morgan fingerprint density at radius 2 is 1.26 bits per heavy atom. The van der Waals surface area contributed by atoms with Gasteiger partial charge in [0.25, 0.3) is 0 Å². The number of aromatic carboxylic acids is 2. The van der Waals surface area contributed by atoms with Crippen LogP contribution in [0.2, 0.25) is 0 Å². The zero-order chi connectivity index (χ0) is 14.9. The molecule has 0 unspecified atom stereocenters. The third-order valence-electron chi connectivity index (χ3n) is 1.99. The number of halogens is 3. The van der Waals surface area contributed by atoms with Crippen molar-refractivity contribution in [2.75, 3.05) is 5.32 Å². The highest BCUT2D eigenvalue weighted by molar-refractivity contribution is 14.1. The van der Waals surface area contributed by atoms with Gasteiger partial charge >= 0.3 is 18.0 Å². The molecule has 0 radical (unpaired) electrons. The number of benzene rings is 1. The van der Waals surface area contributed by atoms with E-state index >= 15 is 0 Å². The van der Waals surface area contributed by atoms with Crippen molar-refractivity contribution in [1.82, 2.24) is 0 Å². The molecule has 0 heterocycles. The Morgan fingerprint density at radius 3 is 1.53 bits per heavy atom. The van der Waals surface area contributed by atoms with Crippen LogP contribution in [0.25, 0.3) is 0 Å². The number of primary amides is 1. The van der Waals surface area contributed by atoms with Crippen molar-refractivity contribution >= 4 is 91.4 Å². The Labute approximate surface area is 147 Å². The van der Waals surface area contributed by atoms with Gasteiger partial charge in [0.1, 0.15) is 0 Å². The van der Waals surface area contributed by atoms with Crippen LogP contribution in [0.1, 0.15) is 20.7 Å². The van der Waals surface area contributed by atoms with Crippen molar-refractivity contribution < 1.29 is 24.6 Å². The zero-order valence-electron chi connectivity index (χ0n) is 8.83. The van der Waals surface area contributed by atoms with E-state index in [0.29, 0.717) is 0 Å². The summed E-state index contributed by atoms with van der Waals surface area (Å²) in [6.07, 6.45) is 0. The fourth-order valence-corrected chi connectivity index (χ4v) is 5.63. The molecule has 102 valence electrons. The number of amides is 2. The molecule has 0 aliphatic rings. The van der Waals surface area contributed by atoms with E-state index < -0.39 is 18.0 Å². The maximum Gasteiger partial charge on any atom is 0.337 e. The maximum absolute atomic E-state index is 11.2. The number of anilines is 1. The first kappa shape index (κ1) is 16.7. The zero-order valence-corrected chi connectivity index (χ0v) is 15.3. The van der Waals surface area contributed by atoms with Crippen LogP contribution in [0.4, 0.5) is 10.5 Å². The van der Waals surface area contributed by atoms with E-state index in [-0.39, 0.29) is 27.5 Å². The van der Waals surface area contributed by atoms with Crippen molar-refractivity contribution in [2.45, 2.75) is 0 Å². The quantitative estimate of drug-likeness (QED) is 0.396. The van der Waals surface area contributed by atoms with Gasteiger partial charge in [0.2, 0.25) is 0 Å². The van der Waals surface area contributed by atoms with Crippen molar-refractivity contribution in [3.8, 4) is 0 Å². The van der Waals surface area contributed by atoms with Gasteiger partial charge in [0.15, 0.2) is 0 Å². The van der Waals surface area contributed by atoms with E-state index in [4.69, 9.17) is 15.9 Å². The molecule has 0 spiro atoms. The Balaban J connectivity index is 3.79. The molecule has 7 nitrogen and oxygen atoms in total. The molecule has 0 fully saturated rings. The van der Waals surface area contributed by atoms with Gasteiger partial charge in [-0.25, -0.2) is 14.4 Å². The predicted octanol–water partition coefficient (Wildman–Crippen LogP) is 2.39. The summed E-state index contributed by atoms with van der Waals surface area (Å²) >= 11 is 5.11. The van der Waals surface area contributed by atoms with Crippen molar-refractivity contribution in [3.05, 3.63) is 21.8 Å². The van der Waals surface area contributed by atoms with Crippen LogP contribution in [0.5, 0.6) is 0 Å². The molecule has 10 heteroatoms. The summed E-state index contributed by atoms with van der Waals surface area (Å²) in [6, 6.07) is -0.898. The SMILES string of the molecule is NC(=O)Nc1c(I)c(C(=O)O)c(I)c(C(=O)O)c1I. The molecular weight excluding hydrogens is 597 g/mol. The highest BCUT2D eigenvalue weighted by Gasteiger charge is 2.27. The number of carbonyl (C=O) groups is 3. The van der Waals surface area contributed by atoms with Gasteiger partial charge in [0.05, 0.1) is 24.0 Å². The van der Waals surface area contributed by atoms with E-state index in [1.807, 2.05) is 0 Å². The number of nitrogens with one attached hydrogen (secondary N) is 1. The molecule has 1 aromatic rings. The highest BCUT2D eigenvalue weighted by Crippen LogP contribution is 2.35. The number of rotatable bonds is 3. The van der Waals surface area contributed by atoms with Crippen molar-refractivity contribution in [3.63, 3.8) is 0 Å². The average molecular weight is 602 g/mol. The van der Waals surface area contributed by atoms with E-state index in [1.54, 1.807) is 67.8 Å². The Hall–Kier alpha value is -0.380. The second-order valence-electron chi connectivity index (χ2n) is 3.17. The lowest BCUT2D eigenvalue weighted by Gasteiger charge is -2.15. The summed E-state index contributed by atoms with van der Waals surface area (Å²) in [6.45, 7) is 0. The summed E-state index contributed by atoms with van der Waals surface area (Å²) in [5.74, 6) is -2.56. The maximum atomic E-state index is 11.2. The molecule has 0 saturated carbocycles. The molecule has 1 aromatic carbocycles. The van der Waals surface area contributed by atoms with Crippen LogP contribution in [0.15, 0.2) is 0 Å². The molecule has 0 aliphatic carbocycles. The molecule has 0 aromatic heterocycles. The Bertz CT molecular complexity index is 561. The van der Waals surface area contributed by atoms with Crippen molar-refractivity contribution in [1.29, 1.82) is 0 Å². The normalized spacial score (nSPS) is 10.1. The van der Waals surface area contributed by atoms with Crippen LogP contribution in [0.3, 0.4) is 0 Å². The van der Waals surface area contributed by atoms with Gasteiger partial charge in [-0.3, -0.25) is 0 Å². The van der Waals surface area contributed by atoms with Gasteiger partial charge in [-0.2, -0.15) is 0 Å². The standard InChI is InChI=1S/C9H5I3N2O5/c10-3-1(7(15)16)4(11)6(14-9(13)19)5(12)2(3)8(17)18/h(H,15,16)(H,17,18)(H3,13,14,19). The second kappa shape index (κ2) is 6.38. The number of hydrogen-bond donors (Lipinski definition) is 4. The third-order valence-corrected chi connectivity index (χ3v) is 5.23. The lowest BCUT2D eigenvalue weighted by molar-refractivity contribution is 0.0694. The third kappa shape index (κ3) is 3.39. The molecule has 5 N–H and O–H groups in total. The number of nitrogens with two attached hydrogens (primary N) is 1. The molecule has 2 amide bonds. The van der Waals surface area contributed by atoms with Crippen molar-refractivity contribution in [2.24, 2.45) is 5.73 Å². The summed E-state index contributed by atoms with van der Waals surface area (Å²) in [5, 5.41) is 20.6. The fourth-order valence-electron chi connectivity index (χ4n) is 1.27. The summed E-state index contributed by atoms with van der Waals surface area (Å²) in [5.41, 5.74) is 4.73. The van der Waals surface area contributed by atoms with E-state index in [2.05, 4.69) is 5.32 Å². The molecule has 0 saturated heterocycles. The smallest absolute Gasteiger partial charge is 0.337 e. The number of hydrogen-bond acceptors (Lipinski definition) is 3. The minimum absolute atomic E-state index is 0.0870. The van der Waals surface area contributed by atoms with Crippen LogP contribution in [-0.4, -0.2) is 28.2 Å². The molecule has 1 rings (SSSR count). The first-order valence-electron chi connectivity index (χ1n) is 4.42. The number of carboxylic acid groups (broad SMARTS) is 2. The fraction of sp³-hybridized carbons (Fsp3) is 0. The summed E-state index contributed by atoms with van der Waals surface area (Å²) in [7, 11) is 0. The first-order chi connectivity index (χ1) is 8.68. The number of urea groups is 1. The van der Waals surface area contributed by atoms with Crippen LogP contribution in [-0.2, 0) is 0 Å². The summed E-state index contributed by atoms with van der Waals surface area (Å²) < 4.78 is 0.548. The molecule has 0 aliphatic heterocycles. The minimum Gasteiger partial charge on any atom is -0.478 e. The largest absolute Gasteiger partial charge is 0.478 e. The van der Waals surface area contributed by atoms with E-state index in [0.717, 1.165) is 0 Å². The molecule has 0 bridgehead atoms. The van der Waals surface area contributed by atoms with Gasteiger partial charge in [-0.1, -0.05) is 0 Å². The van der Waals surface area contributed by atoms with Gasteiger partial charge in [0, 0.05) is 3.57 Å². The van der Waals surface area contributed by atoms with Gasteiger partial charge < -0.3 is 21.3 Å². The minimum atomic E-state index is -1.28. The van der Waals surface area contributed by atoms with Gasteiger partial charge in [-0.15, -0.1) is 0 Å². The molecule has 19 heavy (non-hydrogen) atoms. The number of carboxylic acids is 2. The Morgan fingerprint density at radius 1 is 0.895 bits per heavy atom. The number of carbonyl (C=O) groups excluding carboxylic acids is 1. The second-order valence-corrected chi connectivity index (χ2v) is 6.40. The van der Waals surface area contributed by atoms with E-state index in [1.165, 1.54) is 0 Å². The lowest BCUT2D eigenvalue weighted by atomic mass is 10.1. The van der Waals surface area contributed by atoms with Crippen LogP contribution >= 0.6 is 67.8 Å². The topological polar surface area (TPSA) is 130 Å². The first-order valence-corrected chi connectivity index (χ1v) is 7.65. The van der Waals surface area contributed by atoms with Crippen LogP contribution < -0.4 is 11.1 Å². The van der Waals surface area contributed by atoms with E-state index in [9.17, 15) is 14.4 Å². The molecular formula is C9H5I3N2O5.